The summed E-state index contributed by atoms with van der Waals surface area (Å²) in [6.07, 6.45) is 1.82. The topological polar surface area (TPSA) is 78.5 Å². The van der Waals surface area contributed by atoms with Crippen LogP contribution in [0.15, 0.2) is 112 Å². The smallest absolute Gasteiger partial charge is 0.338 e. The first kappa shape index (κ1) is 25.7. The minimum atomic E-state index is -0.657. The van der Waals surface area contributed by atoms with E-state index in [2.05, 4.69) is 4.99 Å². The van der Waals surface area contributed by atoms with E-state index in [0.29, 0.717) is 25.6 Å². The molecular weight excluding hydrogens is 544 g/mol. The number of halogens is 1. The molecule has 0 N–H and O–H groups in total. The van der Waals surface area contributed by atoms with Crippen LogP contribution in [0, 0.1) is 0 Å². The Labute approximate surface area is 238 Å². The summed E-state index contributed by atoms with van der Waals surface area (Å²) in [6.45, 7) is 1.77. The van der Waals surface area contributed by atoms with Crippen LogP contribution in [-0.2, 0) is 9.53 Å². The number of hydrogen-bond acceptors (Lipinski definition) is 6. The fourth-order valence-corrected chi connectivity index (χ4v) is 5.97. The zero-order valence-corrected chi connectivity index (χ0v) is 23.2. The minimum Gasteiger partial charge on any atom is -0.466 e. The van der Waals surface area contributed by atoms with Crippen LogP contribution in [0.4, 0.5) is 0 Å². The SMILES string of the molecule is COC(=O)C1=C(C)N=c2s/c(=C/c3cc(-c4ccc(Cl)cc4)nn3-c3ccccc3)c(=O)n2[C@@H]1c1ccccc1. The summed E-state index contributed by atoms with van der Waals surface area (Å²) in [4.78, 5) is 32.0. The average Bonchev–Trinajstić information content (AvgIpc) is 3.54. The lowest BCUT2D eigenvalue weighted by Crippen LogP contribution is -2.39. The number of carbonyl (C=O) groups excluding carboxylic acids is 1. The van der Waals surface area contributed by atoms with Gasteiger partial charge in [0, 0.05) is 10.6 Å². The molecule has 5 aromatic rings. The van der Waals surface area contributed by atoms with E-state index in [4.69, 9.17) is 21.4 Å². The maximum atomic E-state index is 14.0. The van der Waals surface area contributed by atoms with Crippen LogP contribution in [0.3, 0.4) is 0 Å². The van der Waals surface area contributed by atoms with Crippen LogP contribution < -0.4 is 14.9 Å². The summed E-state index contributed by atoms with van der Waals surface area (Å²) in [6, 6.07) is 27.9. The Morgan fingerprint density at radius 3 is 2.35 bits per heavy atom. The second-order valence-electron chi connectivity index (χ2n) is 9.19. The van der Waals surface area contributed by atoms with Crippen molar-refractivity contribution in [1.82, 2.24) is 14.3 Å². The summed E-state index contributed by atoms with van der Waals surface area (Å²) >= 11 is 7.38. The van der Waals surface area contributed by atoms with E-state index in [1.165, 1.54) is 18.4 Å². The zero-order chi connectivity index (χ0) is 27.8. The Morgan fingerprint density at radius 2 is 1.68 bits per heavy atom. The predicted molar refractivity (Wildman–Crippen MR) is 156 cm³/mol. The van der Waals surface area contributed by atoms with Crippen molar-refractivity contribution < 1.29 is 9.53 Å². The molecule has 40 heavy (non-hydrogen) atoms. The summed E-state index contributed by atoms with van der Waals surface area (Å²) in [5.41, 5.74) is 4.63. The first-order chi connectivity index (χ1) is 19.4. The number of thiazole rings is 1. The van der Waals surface area contributed by atoms with Crippen LogP contribution in [-0.4, -0.2) is 27.4 Å². The summed E-state index contributed by atoms with van der Waals surface area (Å²) in [5.74, 6) is -0.515. The number of fused-ring (bicyclic) bond motifs is 1. The molecule has 2 aromatic heterocycles. The van der Waals surface area contributed by atoms with Gasteiger partial charge < -0.3 is 4.74 Å². The number of para-hydroxylation sites is 1. The molecule has 198 valence electrons. The number of methoxy groups -OCH3 is 1. The van der Waals surface area contributed by atoms with Gasteiger partial charge in [0.2, 0.25) is 0 Å². The normalized spacial score (nSPS) is 15.1. The predicted octanol–water partition coefficient (Wildman–Crippen LogP) is 4.91. The number of nitrogens with zero attached hydrogens (tertiary/aromatic N) is 4. The average molecular weight is 567 g/mol. The molecule has 0 amide bonds. The van der Waals surface area contributed by atoms with E-state index >= 15 is 0 Å². The molecule has 1 aliphatic heterocycles. The summed E-state index contributed by atoms with van der Waals surface area (Å²) in [7, 11) is 1.33. The summed E-state index contributed by atoms with van der Waals surface area (Å²) in [5, 5.41) is 5.50. The van der Waals surface area contributed by atoms with Gasteiger partial charge in [0.05, 0.1) is 46.0 Å². The van der Waals surface area contributed by atoms with Gasteiger partial charge in [-0.05, 0) is 48.9 Å². The van der Waals surface area contributed by atoms with E-state index < -0.39 is 12.0 Å². The lowest BCUT2D eigenvalue weighted by Gasteiger charge is -2.24. The first-order valence-corrected chi connectivity index (χ1v) is 13.7. The van der Waals surface area contributed by atoms with Crippen molar-refractivity contribution in [2.75, 3.05) is 7.11 Å². The fraction of sp³-hybridized carbons (Fsp3) is 0.0968. The Balaban J connectivity index is 1.56. The standard InChI is InChI=1S/C31H23ClN4O3S/c1-19-27(30(38)39-2)28(21-9-5-3-6-10-21)35-29(37)26(40-31(35)33-19)18-24-17-25(20-13-15-22(32)16-14-20)34-36(24)23-11-7-4-8-12-23/h3-18,28H,1-2H3/b26-18+/t28-/m1/s1. The van der Waals surface area contributed by atoms with Gasteiger partial charge >= 0.3 is 5.97 Å². The van der Waals surface area contributed by atoms with E-state index in [0.717, 1.165) is 28.2 Å². The number of esters is 1. The number of carbonyl (C=O) groups is 1. The number of aromatic nitrogens is 3. The van der Waals surface area contributed by atoms with E-state index in [1.807, 2.05) is 102 Å². The largest absolute Gasteiger partial charge is 0.466 e. The van der Waals surface area contributed by atoms with Crippen molar-refractivity contribution in [2.24, 2.45) is 4.99 Å². The monoisotopic (exact) mass is 566 g/mol. The molecule has 0 radical (unpaired) electrons. The molecular formula is C31H23ClN4O3S. The molecule has 6 rings (SSSR count). The quantitative estimate of drug-likeness (QED) is 0.283. The Bertz CT molecular complexity index is 1940. The van der Waals surface area contributed by atoms with Crippen molar-refractivity contribution in [1.29, 1.82) is 0 Å². The Morgan fingerprint density at radius 1 is 1.00 bits per heavy atom. The maximum Gasteiger partial charge on any atom is 0.338 e. The molecule has 0 saturated carbocycles. The molecule has 3 heterocycles. The van der Waals surface area contributed by atoms with Crippen molar-refractivity contribution in [3.8, 4) is 16.9 Å². The van der Waals surface area contributed by atoms with Crippen molar-refractivity contribution in [3.63, 3.8) is 0 Å². The molecule has 1 atom stereocenters. The number of hydrogen-bond donors (Lipinski definition) is 0. The van der Waals surface area contributed by atoms with Crippen LogP contribution in [0.1, 0.15) is 24.2 Å². The highest BCUT2D eigenvalue weighted by atomic mass is 35.5. The van der Waals surface area contributed by atoms with Crippen molar-refractivity contribution in [3.05, 3.63) is 138 Å². The van der Waals surface area contributed by atoms with Gasteiger partial charge in [-0.1, -0.05) is 83.6 Å². The molecule has 0 aliphatic carbocycles. The van der Waals surface area contributed by atoms with Crippen LogP contribution >= 0.6 is 22.9 Å². The molecule has 0 bridgehead atoms. The van der Waals surface area contributed by atoms with Crippen LogP contribution in [0.2, 0.25) is 5.02 Å². The number of allylic oxidation sites excluding steroid dienone is 1. The number of rotatable bonds is 5. The molecule has 0 saturated heterocycles. The molecule has 0 spiro atoms. The second kappa shape index (κ2) is 10.6. The molecule has 7 nitrogen and oxygen atoms in total. The fourth-order valence-electron chi connectivity index (χ4n) is 4.81. The molecule has 0 fully saturated rings. The molecule has 1 aliphatic rings. The first-order valence-electron chi connectivity index (χ1n) is 12.5. The number of ether oxygens (including phenoxy) is 1. The van der Waals surface area contributed by atoms with Crippen LogP contribution in [0.5, 0.6) is 0 Å². The Hall–Kier alpha value is -4.53. The molecule has 9 heteroatoms. The zero-order valence-electron chi connectivity index (χ0n) is 21.6. The molecule has 0 unspecified atom stereocenters. The Kier molecular flexibility index (Phi) is 6.79. The van der Waals surface area contributed by atoms with Gasteiger partial charge in [-0.15, -0.1) is 0 Å². The lowest BCUT2D eigenvalue weighted by atomic mass is 9.96. The van der Waals surface area contributed by atoms with Gasteiger partial charge in [-0.2, -0.15) is 5.10 Å². The third kappa shape index (κ3) is 4.61. The van der Waals surface area contributed by atoms with E-state index in [-0.39, 0.29) is 5.56 Å². The van der Waals surface area contributed by atoms with E-state index in [1.54, 1.807) is 11.5 Å². The highest BCUT2D eigenvalue weighted by Gasteiger charge is 2.33. The van der Waals surface area contributed by atoms with Crippen LogP contribution in [0.25, 0.3) is 23.0 Å². The third-order valence-corrected chi connectivity index (χ3v) is 7.93. The number of benzene rings is 3. The lowest BCUT2D eigenvalue weighted by molar-refractivity contribution is -0.136. The highest BCUT2D eigenvalue weighted by molar-refractivity contribution is 7.07. The highest BCUT2D eigenvalue weighted by Crippen LogP contribution is 2.30. The van der Waals surface area contributed by atoms with Gasteiger partial charge in [0.25, 0.3) is 5.56 Å². The minimum absolute atomic E-state index is 0.250. The third-order valence-electron chi connectivity index (χ3n) is 6.70. The van der Waals surface area contributed by atoms with E-state index in [9.17, 15) is 9.59 Å². The summed E-state index contributed by atoms with van der Waals surface area (Å²) < 4.78 is 8.95. The van der Waals surface area contributed by atoms with Gasteiger partial charge in [-0.25, -0.2) is 14.5 Å². The van der Waals surface area contributed by atoms with Gasteiger partial charge in [0.15, 0.2) is 4.80 Å². The van der Waals surface area contributed by atoms with Crippen molar-refractivity contribution in [2.45, 2.75) is 13.0 Å². The second-order valence-corrected chi connectivity index (χ2v) is 10.6. The maximum absolute atomic E-state index is 14.0. The molecule has 3 aromatic carbocycles. The van der Waals surface area contributed by atoms with Gasteiger partial charge in [0.1, 0.15) is 0 Å². The van der Waals surface area contributed by atoms with Gasteiger partial charge in [-0.3, -0.25) is 9.36 Å². The van der Waals surface area contributed by atoms with Crippen molar-refractivity contribution >= 4 is 35.0 Å².